The predicted octanol–water partition coefficient (Wildman–Crippen LogP) is 10.5. The maximum atomic E-state index is 15.2. The van der Waals surface area contributed by atoms with Crippen LogP contribution in [0.15, 0.2) is 121 Å². The van der Waals surface area contributed by atoms with Crippen LogP contribution in [0.3, 0.4) is 0 Å². The Hall–Kier alpha value is -5.46. The first kappa shape index (κ1) is 51.5. The number of carboxylic acid groups (broad SMARTS) is 1. The van der Waals surface area contributed by atoms with Crippen LogP contribution in [0.4, 0.5) is 17.6 Å². The molecule has 8 rings (SSSR count). The van der Waals surface area contributed by atoms with Crippen molar-refractivity contribution in [3.8, 4) is 33.8 Å². The van der Waals surface area contributed by atoms with Gasteiger partial charge in [-0.1, -0.05) is 84.9 Å². The van der Waals surface area contributed by atoms with Crippen molar-refractivity contribution >= 4 is 11.9 Å². The molecule has 2 N–H and O–H groups in total. The van der Waals surface area contributed by atoms with Crippen molar-refractivity contribution in [2.24, 2.45) is 0 Å². The van der Waals surface area contributed by atoms with Gasteiger partial charge in [0.15, 0.2) is 0 Å². The summed E-state index contributed by atoms with van der Waals surface area (Å²) in [6.45, 7) is 10.2. The van der Waals surface area contributed by atoms with E-state index in [0.29, 0.717) is 29.7 Å². The van der Waals surface area contributed by atoms with Gasteiger partial charge in [-0.2, -0.15) is 0 Å². The fourth-order valence-corrected chi connectivity index (χ4v) is 8.75. The van der Waals surface area contributed by atoms with E-state index in [4.69, 9.17) is 19.3 Å². The monoisotopic (exact) mass is 912 g/mol. The summed E-state index contributed by atoms with van der Waals surface area (Å²) in [5.41, 5.74) is 11.1. The number of ether oxygens (including phenoxy) is 3. The summed E-state index contributed by atoms with van der Waals surface area (Å²) >= 11 is 0. The fourth-order valence-electron chi connectivity index (χ4n) is 8.75. The van der Waals surface area contributed by atoms with Crippen LogP contribution in [0.5, 0.6) is 11.5 Å². The molecule has 0 aliphatic carbocycles. The Morgan fingerprint density at radius 3 is 1.39 bits per heavy atom. The van der Waals surface area contributed by atoms with Gasteiger partial charge < -0.3 is 24.8 Å². The van der Waals surface area contributed by atoms with Crippen LogP contribution in [0.2, 0.25) is 0 Å². The molecule has 6 aromatic rings. The molecule has 0 spiro atoms. The number of carbonyl (C=O) groups is 2. The van der Waals surface area contributed by atoms with Crippen molar-refractivity contribution in [2.75, 3.05) is 6.61 Å². The molecule has 0 fully saturated rings. The number of fused-ring (bicyclic) bond motifs is 2. The number of carbonyl (C=O) groups excluding carboxylic acids is 1. The van der Waals surface area contributed by atoms with Gasteiger partial charge in [0, 0.05) is 12.8 Å². The summed E-state index contributed by atoms with van der Waals surface area (Å²) in [5, 5.41) is 8.84. The summed E-state index contributed by atoms with van der Waals surface area (Å²) in [6.07, 6.45) is -1.79. The number of hydrogen-bond acceptors (Lipinski definition) is 6. The van der Waals surface area contributed by atoms with Gasteiger partial charge in [0.1, 0.15) is 23.7 Å². The molecular formula is C54H53F4NaO7. The van der Waals surface area contributed by atoms with E-state index in [1.165, 1.54) is 18.2 Å². The molecule has 2 unspecified atom stereocenters. The third-order valence-corrected chi connectivity index (χ3v) is 11.9. The van der Waals surface area contributed by atoms with E-state index in [1.54, 1.807) is 25.1 Å². The molecule has 66 heavy (non-hydrogen) atoms. The molecule has 0 radical (unpaired) electrons. The Morgan fingerprint density at radius 1 is 0.606 bits per heavy atom. The van der Waals surface area contributed by atoms with Crippen LogP contribution in [0.1, 0.15) is 100 Å². The fraction of sp³-hybridized carbons (Fsp3) is 0.296. The molecule has 7 nitrogen and oxygen atoms in total. The van der Waals surface area contributed by atoms with Crippen LogP contribution in [-0.4, -0.2) is 29.1 Å². The Kier molecular flexibility index (Phi) is 17.1. The van der Waals surface area contributed by atoms with Gasteiger partial charge in [0.25, 0.3) is 11.8 Å². The van der Waals surface area contributed by atoms with Gasteiger partial charge in [-0.25, -0.2) is 17.6 Å². The minimum atomic E-state index is -3.06. The molecule has 0 bridgehead atoms. The predicted molar refractivity (Wildman–Crippen MR) is 242 cm³/mol. The van der Waals surface area contributed by atoms with Gasteiger partial charge in [-0.3, -0.25) is 9.59 Å². The van der Waals surface area contributed by atoms with E-state index >= 15 is 17.6 Å². The number of halogens is 4. The Bertz CT molecular complexity index is 2640. The topological polar surface area (TPSA) is 112 Å². The van der Waals surface area contributed by atoms with Crippen molar-refractivity contribution in [3.63, 3.8) is 0 Å². The number of esters is 1. The first-order valence-electron chi connectivity index (χ1n) is 21.6. The molecule has 2 aliphatic heterocycles. The number of alkyl halides is 4. The summed E-state index contributed by atoms with van der Waals surface area (Å²) in [7, 11) is 0. The molecule has 0 amide bonds. The Balaban J connectivity index is 0.000000241. The van der Waals surface area contributed by atoms with Crippen LogP contribution in [0.25, 0.3) is 22.3 Å². The first-order valence-corrected chi connectivity index (χ1v) is 21.6. The van der Waals surface area contributed by atoms with Gasteiger partial charge in [0.05, 0.1) is 30.6 Å². The van der Waals surface area contributed by atoms with Crippen LogP contribution >= 0.6 is 0 Å². The third kappa shape index (κ3) is 11.9. The number of carboxylic acids is 1. The average molecular weight is 913 g/mol. The second kappa shape index (κ2) is 21.9. The summed E-state index contributed by atoms with van der Waals surface area (Å²) in [4.78, 5) is 22.4. The molecule has 2 heterocycles. The third-order valence-electron chi connectivity index (χ3n) is 11.9. The van der Waals surface area contributed by atoms with Crippen molar-refractivity contribution in [2.45, 2.75) is 97.2 Å². The zero-order valence-electron chi connectivity index (χ0n) is 38.1. The number of aryl methyl sites for hydroxylation is 6. The summed E-state index contributed by atoms with van der Waals surface area (Å²) in [6, 6.07) is 36.9. The van der Waals surface area contributed by atoms with E-state index in [0.717, 1.165) is 50.1 Å². The Labute approximate surface area is 405 Å². The SMILES string of the molecule is CCOC(=O)CCc1ccc2c(c1)C(F)(F)CC(c1cccc(-c3c(C)cccc3C)c1)O2.Cc1cccc(C)c1-c1cccc(C2CC(F)(F)c3cc(CCC(=O)O)ccc3O2)c1.[Na+].[OH-]. The zero-order chi connectivity index (χ0) is 45.8. The standard InChI is InChI=1S/C28H28F2O3.C26H24F2O3.Na.H2O/c1-4-32-26(31)14-12-20-11-13-24-23(15-20)28(29,30)17-25(33-24)21-9-6-10-22(16-21)27-18(2)7-5-8-19(27)3;1-16-5-3-6-17(2)25(16)20-8-4-7-19(14-20)23-15-26(27,28)21-13-18(10-12-24(29)30)9-11-22(21)31-23;;/h5-11,13,15-16,25H,4,12,14,17H2,1-3H3;3-9,11,13-14,23H,10,12,15H2,1-2H3,(H,29,30);;1H2/q;;+1;/p-1. The number of hydrogen-bond donors (Lipinski definition) is 1. The number of aliphatic carboxylic acids is 1. The quantitative estimate of drug-likeness (QED) is 0.0783. The molecule has 12 heteroatoms. The molecule has 2 aliphatic rings. The zero-order valence-corrected chi connectivity index (χ0v) is 40.1. The Morgan fingerprint density at radius 2 is 1.00 bits per heavy atom. The van der Waals surface area contributed by atoms with Crippen molar-refractivity contribution in [1.82, 2.24) is 0 Å². The number of benzene rings is 6. The van der Waals surface area contributed by atoms with E-state index < -0.39 is 42.9 Å². The van der Waals surface area contributed by atoms with E-state index in [1.807, 2.05) is 86.6 Å². The molecule has 2 atom stereocenters. The normalized spacial score (nSPS) is 16.3. The van der Waals surface area contributed by atoms with E-state index in [9.17, 15) is 9.59 Å². The molecule has 340 valence electrons. The molecule has 0 saturated heterocycles. The van der Waals surface area contributed by atoms with Crippen molar-refractivity contribution in [3.05, 3.63) is 177 Å². The molecule has 6 aromatic carbocycles. The maximum Gasteiger partial charge on any atom is 1.00 e. The average Bonchev–Trinajstić information content (AvgIpc) is 3.25. The minimum Gasteiger partial charge on any atom is -0.870 e. The van der Waals surface area contributed by atoms with Gasteiger partial charge in [0.2, 0.25) is 0 Å². The van der Waals surface area contributed by atoms with Crippen LogP contribution < -0.4 is 39.0 Å². The largest absolute Gasteiger partial charge is 1.00 e. The first-order chi connectivity index (χ1) is 30.5. The molecule has 0 aromatic heterocycles. The van der Waals surface area contributed by atoms with E-state index in [-0.39, 0.29) is 82.9 Å². The van der Waals surface area contributed by atoms with Crippen molar-refractivity contribution in [1.29, 1.82) is 0 Å². The van der Waals surface area contributed by atoms with Gasteiger partial charge in [-0.15, -0.1) is 0 Å². The maximum absolute atomic E-state index is 15.2. The van der Waals surface area contributed by atoms with Crippen molar-refractivity contribution < 1.29 is 81.5 Å². The van der Waals surface area contributed by atoms with Crippen LogP contribution in [-0.2, 0) is 39.0 Å². The smallest absolute Gasteiger partial charge is 0.870 e. The van der Waals surface area contributed by atoms with E-state index in [2.05, 4.69) is 26.0 Å². The summed E-state index contributed by atoms with van der Waals surface area (Å²) in [5.74, 6) is -7.04. The van der Waals surface area contributed by atoms with Gasteiger partial charge in [-0.05, 0) is 151 Å². The molecule has 0 saturated carbocycles. The number of rotatable bonds is 11. The second-order valence-electron chi connectivity index (χ2n) is 16.7. The minimum absolute atomic E-state index is 0. The van der Waals surface area contributed by atoms with Crippen LogP contribution in [0, 0.1) is 27.7 Å². The second-order valence-corrected chi connectivity index (χ2v) is 16.7. The van der Waals surface area contributed by atoms with Gasteiger partial charge >= 0.3 is 41.5 Å². The molecular weight excluding hydrogens is 860 g/mol. The summed E-state index contributed by atoms with van der Waals surface area (Å²) < 4.78 is 77.5.